The van der Waals surface area contributed by atoms with Gasteiger partial charge in [-0.2, -0.15) is 0 Å². The predicted octanol–water partition coefficient (Wildman–Crippen LogP) is -0.0727. The van der Waals surface area contributed by atoms with E-state index in [1.165, 1.54) is 0 Å². The summed E-state index contributed by atoms with van der Waals surface area (Å²) in [4.78, 5) is 0.198. The fraction of sp³-hybridized carbons (Fsp3) is 0.417. The van der Waals surface area contributed by atoms with Crippen LogP contribution in [-0.2, 0) is 25.6 Å². The molecule has 21 heavy (non-hydrogen) atoms. The highest BCUT2D eigenvalue weighted by Gasteiger charge is 2.30. The zero-order chi connectivity index (χ0) is 15.7. The van der Waals surface area contributed by atoms with Crippen LogP contribution in [0, 0.1) is 0 Å². The second-order valence-electron chi connectivity index (χ2n) is 5.04. The molecule has 0 aliphatic carbocycles. The van der Waals surface area contributed by atoms with Crippen molar-refractivity contribution in [3.8, 4) is 0 Å². The molecule has 1 aromatic rings. The van der Waals surface area contributed by atoms with Crippen molar-refractivity contribution < 1.29 is 16.8 Å². The van der Waals surface area contributed by atoms with Crippen LogP contribution in [0.5, 0.6) is 0 Å². The van der Waals surface area contributed by atoms with Gasteiger partial charge in [-0.1, -0.05) is 30.4 Å². The van der Waals surface area contributed by atoms with E-state index < -0.39 is 25.9 Å². The van der Waals surface area contributed by atoms with Crippen LogP contribution in [0.2, 0.25) is 0 Å². The van der Waals surface area contributed by atoms with Gasteiger partial charge in [0.1, 0.15) is 4.99 Å². The van der Waals surface area contributed by atoms with E-state index in [0.717, 1.165) is 0 Å². The maximum Gasteiger partial charge on any atom is 0.216 e. The molecule has 1 aliphatic rings. The Hall–Kier alpha value is -1.03. The van der Waals surface area contributed by atoms with Crippen LogP contribution in [0.3, 0.4) is 0 Å². The lowest BCUT2D eigenvalue weighted by Crippen LogP contribution is -2.36. The largest absolute Gasteiger partial charge is 0.389 e. The highest BCUT2D eigenvalue weighted by atomic mass is 32.2. The Kier molecular flexibility index (Phi) is 4.66. The van der Waals surface area contributed by atoms with Crippen LogP contribution < -0.4 is 10.5 Å². The number of nitrogens with one attached hydrogen (secondary N) is 1. The summed E-state index contributed by atoms with van der Waals surface area (Å²) in [6, 6.07) is 6.12. The van der Waals surface area contributed by atoms with Gasteiger partial charge >= 0.3 is 0 Å². The standard InChI is InChI=1S/C12H16N2O4S3/c13-12(19)10-3-1-2-9(6-10)7-21(17,18)14-11-4-5-20(15,16)8-11/h1-3,6,11,14H,4-5,7-8H2,(H2,13,19). The number of hydrogen-bond acceptors (Lipinski definition) is 5. The van der Waals surface area contributed by atoms with Gasteiger partial charge in [-0.25, -0.2) is 21.6 Å². The Balaban J connectivity index is 2.08. The van der Waals surface area contributed by atoms with Gasteiger partial charge < -0.3 is 5.73 Å². The minimum Gasteiger partial charge on any atom is -0.389 e. The van der Waals surface area contributed by atoms with Crippen molar-refractivity contribution >= 4 is 37.1 Å². The summed E-state index contributed by atoms with van der Waals surface area (Å²) in [5.74, 6) is -0.351. The van der Waals surface area contributed by atoms with Crippen LogP contribution in [-0.4, -0.2) is 39.4 Å². The number of benzene rings is 1. The number of sulfonamides is 1. The lowest BCUT2D eigenvalue weighted by molar-refractivity contribution is 0.561. The molecule has 9 heteroatoms. The van der Waals surface area contributed by atoms with Crippen molar-refractivity contribution in [2.24, 2.45) is 5.73 Å². The average molecular weight is 348 g/mol. The third-order valence-corrected chi connectivity index (χ3v) is 6.56. The van der Waals surface area contributed by atoms with E-state index in [4.69, 9.17) is 18.0 Å². The third-order valence-electron chi connectivity index (χ3n) is 3.15. The molecule has 0 bridgehead atoms. The molecule has 1 atom stereocenters. The van der Waals surface area contributed by atoms with Crippen LogP contribution in [0.4, 0.5) is 0 Å². The lowest BCUT2D eigenvalue weighted by atomic mass is 10.1. The van der Waals surface area contributed by atoms with E-state index in [-0.39, 0.29) is 22.2 Å². The van der Waals surface area contributed by atoms with E-state index in [9.17, 15) is 16.8 Å². The summed E-state index contributed by atoms with van der Waals surface area (Å²) < 4.78 is 49.3. The molecule has 1 aliphatic heterocycles. The van der Waals surface area contributed by atoms with Crippen molar-refractivity contribution in [2.45, 2.75) is 18.2 Å². The molecule has 0 amide bonds. The molecule has 1 saturated heterocycles. The van der Waals surface area contributed by atoms with Crippen LogP contribution in [0.25, 0.3) is 0 Å². The van der Waals surface area contributed by atoms with E-state index in [1.807, 2.05) is 0 Å². The van der Waals surface area contributed by atoms with Crippen LogP contribution in [0.15, 0.2) is 24.3 Å². The molecule has 1 aromatic carbocycles. The molecule has 0 saturated carbocycles. The van der Waals surface area contributed by atoms with Crippen molar-refractivity contribution in [3.63, 3.8) is 0 Å². The fourth-order valence-electron chi connectivity index (χ4n) is 2.22. The summed E-state index contributed by atoms with van der Waals surface area (Å²) in [6.45, 7) is 0. The van der Waals surface area contributed by atoms with Gasteiger partial charge in [-0.15, -0.1) is 0 Å². The molecule has 6 nitrogen and oxygen atoms in total. The van der Waals surface area contributed by atoms with Crippen molar-refractivity contribution in [1.29, 1.82) is 0 Å². The van der Waals surface area contributed by atoms with Gasteiger partial charge in [-0.3, -0.25) is 0 Å². The first-order valence-electron chi connectivity index (χ1n) is 6.26. The zero-order valence-corrected chi connectivity index (χ0v) is 13.6. The average Bonchev–Trinajstić information content (AvgIpc) is 2.67. The highest BCUT2D eigenvalue weighted by Crippen LogP contribution is 2.14. The topological polar surface area (TPSA) is 106 Å². The first-order chi connectivity index (χ1) is 9.67. The van der Waals surface area contributed by atoms with Gasteiger partial charge in [0.25, 0.3) is 0 Å². The van der Waals surface area contributed by atoms with E-state index in [1.54, 1.807) is 24.3 Å². The van der Waals surface area contributed by atoms with E-state index >= 15 is 0 Å². The molecule has 2 rings (SSSR count). The van der Waals surface area contributed by atoms with E-state index in [0.29, 0.717) is 17.5 Å². The Morgan fingerprint density at radius 2 is 2.14 bits per heavy atom. The van der Waals surface area contributed by atoms with Crippen molar-refractivity contribution in [2.75, 3.05) is 11.5 Å². The summed E-state index contributed by atoms with van der Waals surface area (Å²) in [6.07, 6.45) is 0.314. The SMILES string of the molecule is NC(=S)c1cccc(CS(=O)(=O)NC2CCS(=O)(=O)C2)c1. The maximum atomic E-state index is 12.1. The molecule has 0 spiro atoms. The summed E-state index contributed by atoms with van der Waals surface area (Å²) in [5, 5.41) is 0. The van der Waals surface area contributed by atoms with Crippen molar-refractivity contribution in [1.82, 2.24) is 4.72 Å². The third kappa shape index (κ3) is 4.73. The van der Waals surface area contributed by atoms with Gasteiger partial charge in [0, 0.05) is 11.6 Å². The predicted molar refractivity (Wildman–Crippen MR) is 85.1 cm³/mol. The second kappa shape index (κ2) is 5.99. The monoisotopic (exact) mass is 348 g/mol. The zero-order valence-electron chi connectivity index (χ0n) is 11.2. The highest BCUT2D eigenvalue weighted by molar-refractivity contribution is 7.92. The maximum absolute atomic E-state index is 12.1. The molecule has 1 fully saturated rings. The number of sulfone groups is 1. The van der Waals surface area contributed by atoms with Gasteiger partial charge in [0.15, 0.2) is 9.84 Å². The van der Waals surface area contributed by atoms with Crippen molar-refractivity contribution in [3.05, 3.63) is 35.4 Å². The van der Waals surface area contributed by atoms with Crippen LogP contribution >= 0.6 is 12.2 Å². The molecule has 116 valence electrons. The fourth-order valence-corrected chi connectivity index (χ4v) is 5.53. The quantitative estimate of drug-likeness (QED) is 0.721. The molecular weight excluding hydrogens is 332 g/mol. The molecule has 0 aromatic heterocycles. The Morgan fingerprint density at radius 3 is 2.71 bits per heavy atom. The van der Waals surface area contributed by atoms with E-state index in [2.05, 4.69) is 4.72 Å². The molecule has 3 N–H and O–H groups in total. The molecule has 1 unspecified atom stereocenters. The Bertz CT molecular complexity index is 756. The molecular formula is C12H16N2O4S3. The van der Waals surface area contributed by atoms with Gasteiger partial charge in [-0.05, 0) is 18.1 Å². The summed E-state index contributed by atoms with van der Waals surface area (Å²) in [7, 11) is -6.73. The summed E-state index contributed by atoms with van der Waals surface area (Å²) >= 11 is 4.85. The minimum atomic E-state index is -3.61. The number of rotatable bonds is 5. The summed E-state index contributed by atoms with van der Waals surface area (Å²) in [5.41, 5.74) is 6.66. The molecule has 1 heterocycles. The Labute approximate surface area is 129 Å². The number of hydrogen-bond donors (Lipinski definition) is 2. The Morgan fingerprint density at radius 1 is 1.43 bits per heavy atom. The second-order valence-corrected chi connectivity index (χ2v) is 9.46. The van der Waals surface area contributed by atoms with Gasteiger partial charge in [0.2, 0.25) is 10.0 Å². The first kappa shape index (κ1) is 16.3. The minimum absolute atomic E-state index is 0.0249. The van der Waals surface area contributed by atoms with Crippen LogP contribution in [0.1, 0.15) is 17.5 Å². The smallest absolute Gasteiger partial charge is 0.216 e. The lowest BCUT2D eigenvalue weighted by Gasteiger charge is -2.12. The van der Waals surface area contributed by atoms with Gasteiger partial charge in [0.05, 0.1) is 17.3 Å². The normalized spacial score (nSPS) is 21.2. The number of thiocarbonyl (C=S) groups is 1. The molecule has 0 radical (unpaired) electrons. The number of nitrogens with two attached hydrogens (primary N) is 1. The first-order valence-corrected chi connectivity index (χ1v) is 10.1.